The van der Waals surface area contributed by atoms with Gasteiger partial charge in [-0.05, 0) is 24.0 Å². The zero-order valence-corrected chi connectivity index (χ0v) is 21.1. The molecule has 200 valence electrons. The van der Waals surface area contributed by atoms with Gasteiger partial charge in [0.05, 0.1) is 17.1 Å². The second-order valence-corrected chi connectivity index (χ2v) is 10.1. The molecule has 36 heavy (non-hydrogen) atoms. The van der Waals surface area contributed by atoms with E-state index in [-0.39, 0.29) is 25.7 Å². The van der Waals surface area contributed by atoms with Crippen molar-refractivity contribution in [2.45, 2.75) is 65.0 Å². The van der Waals surface area contributed by atoms with Crippen LogP contribution in [0.2, 0.25) is 5.02 Å². The second kappa shape index (κ2) is 10.9. The maximum Gasteiger partial charge on any atom is 0.433 e. The Labute approximate surface area is 211 Å². The standard InChI is InChI=1S/C15H12ClF5N4O2.C9H18/c1-14(17,18)7-4-8-11(16)12(13(27)24-3-2-22-10(26)6-24)23-25(8)9(5-7)15(19,20)21;1-8(2)9-6-4-3-5-7-9/h4-5H,2-3,6H2,1H3,(H,22,26);8-9H,3-7H2,1-2H3. The summed E-state index contributed by atoms with van der Waals surface area (Å²) in [6, 6.07) is 1.02. The highest BCUT2D eigenvalue weighted by Crippen LogP contribution is 2.37. The number of nitrogens with zero attached hydrogens (tertiary/aromatic N) is 3. The Morgan fingerprint density at radius 3 is 2.28 bits per heavy atom. The lowest BCUT2D eigenvalue weighted by molar-refractivity contribution is -0.142. The van der Waals surface area contributed by atoms with Crippen LogP contribution in [0.25, 0.3) is 5.52 Å². The molecule has 4 rings (SSSR count). The van der Waals surface area contributed by atoms with Crippen LogP contribution in [0, 0.1) is 11.8 Å². The first-order valence-corrected chi connectivity index (χ1v) is 12.3. The normalized spacial score (nSPS) is 17.7. The average molecular weight is 537 g/mol. The van der Waals surface area contributed by atoms with Crippen molar-refractivity contribution in [3.63, 3.8) is 0 Å². The fraction of sp³-hybridized carbons (Fsp3) is 0.625. The molecule has 2 aliphatic rings. The van der Waals surface area contributed by atoms with Gasteiger partial charge in [0.1, 0.15) is 5.69 Å². The minimum absolute atomic E-state index is 0.110. The van der Waals surface area contributed by atoms with Crippen molar-refractivity contribution in [2.75, 3.05) is 19.6 Å². The SMILES string of the molecule is CC(C)C1CCCCC1.CC(F)(F)c1cc(C(F)(F)F)n2nc(C(=O)N3CCNC(=O)C3)c(Cl)c2c1. The van der Waals surface area contributed by atoms with Crippen molar-refractivity contribution < 1.29 is 31.5 Å². The van der Waals surface area contributed by atoms with Gasteiger partial charge in [0.25, 0.3) is 11.8 Å². The lowest BCUT2D eigenvalue weighted by Gasteiger charge is -2.25. The Hall–Kier alpha value is -2.43. The molecule has 1 N–H and O–H groups in total. The van der Waals surface area contributed by atoms with E-state index < -0.39 is 51.4 Å². The molecule has 1 saturated heterocycles. The molecule has 1 aliphatic heterocycles. The number of nitrogens with one attached hydrogen (secondary N) is 1. The Balaban J connectivity index is 0.000000338. The number of alkyl halides is 5. The van der Waals surface area contributed by atoms with Crippen molar-refractivity contribution in [1.29, 1.82) is 0 Å². The van der Waals surface area contributed by atoms with E-state index in [1.54, 1.807) is 0 Å². The van der Waals surface area contributed by atoms with Crippen LogP contribution < -0.4 is 5.32 Å². The molecule has 2 aromatic heterocycles. The Bertz CT molecular complexity index is 1100. The fourth-order valence-electron chi connectivity index (χ4n) is 4.47. The molecule has 0 unspecified atom stereocenters. The molecule has 6 nitrogen and oxygen atoms in total. The average Bonchev–Trinajstić information content (AvgIpc) is 3.14. The van der Waals surface area contributed by atoms with Crippen molar-refractivity contribution in [3.05, 3.63) is 34.1 Å². The van der Waals surface area contributed by atoms with E-state index in [4.69, 9.17) is 11.6 Å². The van der Waals surface area contributed by atoms with Gasteiger partial charge in [-0.1, -0.05) is 57.6 Å². The number of carbonyl (C=O) groups is 2. The number of pyridine rings is 1. The number of rotatable bonds is 3. The van der Waals surface area contributed by atoms with E-state index in [1.165, 1.54) is 32.1 Å². The number of hydrogen-bond donors (Lipinski definition) is 1. The van der Waals surface area contributed by atoms with Crippen molar-refractivity contribution >= 4 is 28.9 Å². The topological polar surface area (TPSA) is 66.7 Å². The van der Waals surface area contributed by atoms with Crippen LogP contribution in [-0.4, -0.2) is 46.0 Å². The molecule has 3 heterocycles. The molecule has 2 amide bonds. The number of aromatic nitrogens is 2. The summed E-state index contributed by atoms with van der Waals surface area (Å²) in [5, 5.41) is 5.59. The Kier molecular flexibility index (Phi) is 8.52. The maximum atomic E-state index is 13.6. The summed E-state index contributed by atoms with van der Waals surface area (Å²) in [5.41, 5.74) is -3.43. The highest BCUT2D eigenvalue weighted by molar-refractivity contribution is 6.36. The van der Waals surface area contributed by atoms with Gasteiger partial charge in [0.2, 0.25) is 5.91 Å². The summed E-state index contributed by atoms with van der Waals surface area (Å²) in [6.07, 6.45) is 2.45. The number of amides is 2. The number of hydrogen-bond acceptors (Lipinski definition) is 3. The monoisotopic (exact) mass is 536 g/mol. The van der Waals surface area contributed by atoms with Gasteiger partial charge in [0.15, 0.2) is 5.69 Å². The van der Waals surface area contributed by atoms with Gasteiger partial charge in [-0.15, -0.1) is 0 Å². The smallest absolute Gasteiger partial charge is 0.353 e. The van der Waals surface area contributed by atoms with E-state index >= 15 is 0 Å². The van der Waals surface area contributed by atoms with Crippen LogP contribution in [0.4, 0.5) is 22.0 Å². The lowest BCUT2D eigenvalue weighted by Crippen LogP contribution is -2.50. The summed E-state index contributed by atoms with van der Waals surface area (Å²) in [4.78, 5) is 25.0. The molecule has 0 aromatic carbocycles. The van der Waals surface area contributed by atoms with E-state index in [0.29, 0.717) is 11.4 Å². The summed E-state index contributed by atoms with van der Waals surface area (Å²) in [6.45, 7) is 5.12. The van der Waals surface area contributed by atoms with Crippen LogP contribution in [0.1, 0.15) is 74.6 Å². The molecule has 2 aromatic rings. The van der Waals surface area contributed by atoms with Crippen LogP contribution >= 0.6 is 11.6 Å². The highest BCUT2D eigenvalue weighted by atomic mass is 35.5. The molecule has 0 bridgehead atoms. The van der Waals surface area contributed by atoms with Gasteiger partial charge >= 0.3 is 6.18 Å². The number of fused-ring (bicyclic) bond motifs is 1. The van der Waals surface area contributed by atoms with Gasteiger partial charge in [-0.3, -0.25) is 9.59 Å². The van der Waals surface area contributed by atoms with E-state index in [0.717, 1.165) is 22.8 Å². The predicted molar refractivity (Wildman–Crippen MR) is 125 cm³/mol. The summed E-state index contributed by atoms with van der Waals surface area (Å²) < 4.78 is 67.6. The Morgan fingerprint density at radius 1 is 1.14 bits per heavy atom. The number of halogens is 6. The van der Waals surface area contributed by atoms with E-state index in [9.17, 15) is 31.5 Å². The first-order valence-electron chi connectivity index (χ1n) is 11.9. The number of piperazine rings is 1. The predicted octanol–water partition coefficient (Wildman–Crippen LogP) is 5.91. The highest BCUT2D eigenvalue weighted by Gasteiger charge is 2.39. The largest absolute Gasteiger partial charge is 0.433 e. The van der Waals surface area contributed by atoms with E-state index in [2.05, 4.69) is 24.3 Å². The van der Waals surface area contributed by atoms with Crippen molar-refractivity contribution in [1.82, 2.24) is 19.8 Å². The number of carbonyl (C=O) groups excluding carboxylic acids is 2. The first kappa shape index (κ1) is 28.1. The molecular weight excluding hydrogens is 507 g/mol. The van der Waals surface area contributed by atoms with E-state index in [1.807, 2.05) is 0 Å². The van der Waals surface area contributed by atoms with Crippen LogP contribution in [-0.2, 0) is 16.9 Å². The molecule has 1 aliphatic carbocycles. The zero-order chi connectivity index (χ0) is 26.8. The van der Waals surface area contributed by atoms with Crippen LogP contribution in [0.15, 0.2) is 12.1 Å². The molecule has 0 radical (unpaired) electrons. The molecule has 1 saturated carbocycles. The van der Waals surface area contributed by atoms with Gasteiger partial charge in [0, 0.05) is 25.6 Å². The fourth-order valence-corrected chi connectivity index (χ4v) is 4.73. The molecule has 12 heteroatoms. The lowest BCUT2D eigenvalue weighted by atomic mass is 9.82. The molecule has 0 atom stereocenters. The quantitative estimate of drug-likeness (QED) is 0.496. The molecule has 2 fully saturated rings. The minimum atomic E-state index is -5.01. The summed E-state index contributed by atoms with van der Waals surface area (Å²) >= 11 is 6.01. The van der Waals surface area contributed by atoms with Gasteiger partial charge in [-0.2, -0.15) is 18.3 Å². The minimum Gasteiger partial charge on any atom is -0.353 e. The first-order chi connectivity index (χ1) is 16.7. The summed E-state index contributed by atoms with van der Waals surface area (Å²) in [7, 11) is 0. The second-order valence-electron chi connectivity index (χ2n) is 9.69. The molecule has 0 spiro atoms. The summed E-state index contributed by atoms with van der Waals surface area (Å²) in [5.74, 6) is -2.89. The third-order valence-corrected chi connectivity index (χ3v) is 6.96. The zero-order valence-electron chi connectivity index (χ0n) is 20.4. The third kappa shape index (κ3) is 6.46. The van der Waals surface area contributed by atoms with Crippen LogP contribution in [0.3, 0.4) is 0 Å². The Morgan fingerprint density at radius 2 is 1.78 bits per heavy atom. The van der Waals surface area contributed by atoms with Gasteiger partial charge < -0.3 is 10.2 Å². The van der Waals surface area contributed by atoms with Crippen LogP contribution in [0.5, 0.6) is 0 Å². The van der Waals surface area contributed by atoms with Gasteiger partial charge in [-0.25, -0.2) is 13.3 Å². The van der Waals surface area contributed by atoms with Crippen molar-refractivity contribution in [2.24, 2.45) is 11.8 Å². The maximum absolute atomic E-state index is 13.6. The third-order valence-electron chi connectivity index (χ3n) is 6.59. The van der Waals surface area contributed by atoms with Crippen molar-refractivity contribution in [3.8, 4) is 0 Å². The molecular formula is C24H30ClF5N4O2.